The van der Waals surface area contributed by atoms with Crippen LogP contribution in [0.15, 0.2) is 12.2 Å². The lowest BCUT2D eigenvalue weighted by molar-refractivity contribution is -0.165. The van der Waals surface area contributed by atoms with Gasteiger partial charge >= 0.3 is 0 Å². The van der Waals surface area contributed by atoms with Crippen molar-refractivity contribution in [1.82, 2.24) is 0 Å². The molecule has 0 radical (unpaired) electrons. The van der Waals surface area contributed by atoms with Gasteiger partial charge in [0.1, 0.15) is 0 Å². The molecule has 1 saturated heterocycles. The fourth-order valence-electron chi connectivity index (χ4n) is 4.31. The minimum Gasteiger partial charge on any atom is -0.375 e. The van der Waals surface area contributed by atoms with Crippen LogP contribution in [0.3, 0.4) is 0 Å². The van der Waals surface area contributed by atoms with Crippen LogP contribution in [0.25, 0.3) is 0 Å². The molecule has 90 valence electrons. The fraction of sp³-hybridized carbons (Fsp3) is 0.867. The molecule has 1 nitrogen and oxygen atoms in total. The summed E-state index contributed by atoms with van der Waals surface area (Å²) >= 11 is 0. The zero-order chi connectivity index (χ0) is 11.4. The topological polar surface area (TPSA) is 9.23 Å². The Labute approximate surface area is 99.3 Å². The van der Waals surface area contributed by atoms with Crippen LogP contribution in [0.2, 0.25) is 0 Å². The Morgan fingerprint density at radius 3 is 2.88 bits per heavy atom. The first-order valence-corrected chi connectivity index (χ1v) is 6.82. The third-order valence-corrected chi connectivity index (χ3v) is 5.37. The summed E-state index contributed by atoms with van der Waals surface area (Å²) in [5.74, 6) is 2.48. The standard InChI is InChI=1S/C15H24O/c1-14(2)13-6-8-15(3)7-4-5-11(10-16-14)12(13)9-15/h4,7,11-13H,5-6,8-10H2,1-3H3/t11-,12-,13-,15+/m1/s1. The number of fused-ring (bicyclic) bond motifs is 1. The highest BCUT2D eigenvalue weighted by Crippen LogP contribution is 2.54. The number of allylic oxidation sites excluding steroid dienone is 2. The summed E-state index contributed by atoms with van der Waals surface area (Å²) in [4.78, 5) is 0. The summed E-state index contributed by atoms with van der Waals surface area (Å²) in [6.45, 7) is 8.03. The minimum absolute atomic E-state index is 0.118. The summed E-state index contributed by atoms with van der Waals surface area (Å²) in [5, 5.41) is 0. The van der Waals surface area contributed by atoms with Crippen molar-refractivity contribution in [2.45, 2.75) is 52.1 Å². The molecule has 3 aliphatic rings. The van der Waals surface area contributed by atoms with Gasteiger partial charge in [0, 0.05) is 0 Å². The SMILES string of the molecule is CC1(C)OC[C@H]2CC=C[C@@]3(C)CC[C@@H]1[C@@H]2C3. The number of rotatable bonds is 0. The molecule has 0 aromatic heterocycles. The predicted octanol–water partition coefficient (Wildman–Crippen LogP) is 3.79. The van der Waals surface area contributed by atoms with E-state index >= 15 is 0 Å². The summed E-state index contributed by atoms with van der Waals surface area (Å²) in [7, 11) is 0. The van der Waals surface area contributed by atoms with Gasteiger partial charge in [-0.05, 0) is 62.7 Å². The minimum atomic E-state index is 0.118. The van der Waals surface area contributed by atoms with Gasteiger partial charge < -0.3 is 4.74 Å². The van der Waals surface area contributed by atoms with E-state index in [4.69, 9.17) is 4.74 Å². The summed E-state index contributed by atoms with van der Waals surface area (Å²) < 4.78 is 6.12. The van der Waals surface area contributed by atoms with Crippen LogP contribution >= 0.6 is 0 Å². The van der Waals surface area contributed by atoms with Gasteiger partial charge in [0.15, 0.2) is 0 Å². The van der Waals surface area contributed by atoms with Crippen molar-refractivity contribution in [2.75, 3.05) is 6.61 Å². The van der Waals surface area contributed by atoms with E-state index in [1.54, 1.807) is 0 Å². The van der Waals surface area contributed by atoms with Crippen molar-refractivity contribution in [1.29, 1.82) is 0 Å². The zero-order valence-electron chi connectivity index (χ0n) is 10.8. The first-order valence-electron chi connectivity index (χ1n) is 6.82. The van der Waals surface area contributed by atoms with Crippen LogP contribution in [0.4, 0.5) is 0 Å². The molecule has 0 spiro atoms. The van der Waals surface area contributed by atoms with Gasteiger partial charge in [0.2, 0.25) is 0 Å². The molecular formula is C15H24O. The summed E-state index contributed by atoms with van der Waals surface area (Å²) in [6, 6.07) is 0. The molecular weight excluding hydrogens is 196 g/mol. The van der Waals surface area contributed by atoms with E-state index in [2.05, 4.69) is 32.9 Å². The monoisotopic (exact) mass is 220 g/mol. The Hall–Kier alpha value is -0.300. The molecule has 0 aromatic carbocycles. The largest absolute Gasteiger partial charge is 0.375 e. The molecule has 2 fully saturated rings. The maximum atomic E-state index is 6.12. The van der Waals surface area contributed by atoms with Crippen LogP contribution in [0.5, 0.6) is 0 Å². The molecule has 0 N–H and O–H groups in total. The van der Waals surface area contributed by atoms with Crippen molar-refractivity contribution in [3.8, 4) is 0 Å². The molecule has 2 aliphatic carbocycles. The Kier molecular flexibility index (Phi) is 2.27. The second-order valence-corrected chi connectivity index (χ2v) is 6.98. The second-order valence-electron chi connectivity index (χ2n) is 6.98. The third kappa shape index (κ3) is 1.55. The Morgan fingerprint density at radius 2 is 2.06 bits per heavy atom. The number of hydrogen-bond donors (Lipinski definition) is 0. The molecule has 0 amide bonds. The molecule has 3 rings (SSSR count). The number of hydrogen-bond acceptors (Lipinski definition) is 1. The van der Waals surface area contributed by atoms with Crippen LogP contribution in [0.1, 0.15) is 46.5 Å². The van der Waals surface area contributed by atoms with Crippen molar-refractivity contribution in [3.63, 3.8) is 0 Å². The van der Waals surface area contributed by atoms with Crippen LogP contribution in [0, 0.1) is 23.2 Å². The van der Waals surface area contributed by atoms with Gasteiger partial charge in [0.05, 0.1) is 12.2 Å². The molecule has 0 aromatic rings. The van der Waals surface area contributed by atoms with E-state index < -0.39 is 0 Å². The summed E-state index contributed by atoms with van der Waals surface area (Å²) in [5.41, 5.74) is 0.607. The average molecular weight is 220 g/mol. The highest BCUT2D eigenvalue weighted by Gasteiger charge is 2.50. The van der Waals surface area contributed by atoms with E-state index in [1.807, 2.05) is 0 Å². The first kappa shape index (κ1) is 10.8. The third-order valence-electron chi connectivity index (χ3n) is 5.37. The Morgan fingerprint density at radius 1 is 1.25 bits per heavy atom. The van der Waals surface area contributed by atoms with E-state index in [1.165, 1.54) is 25.7 Å². The molecule has 1 heteroatoms. The lowest BCUT2D eigenvalue weighted by Gasteiger charge is -2.52. The summed E-state index contributed by atoms with van der Waals surface area (Å²) in [6.07, 6.45) is 10.3. The van der Waals surface area contributed by atoms with Gasteiger partial charge in [0.25, 0.3) is 0 Å². The highest BCUT2D eigenvalue weighted by molar-refractivity contribution is 5.09. The van der Waals surface area contributed by atoms with E-state index in [0.29, 0.717) is 5.41 Å². The molecule has 4 atom stereocenters. The molecule has 2 bridgehead atoms. The van der Waals surface area contributed by atoms with Crippen molar-refractivity contribution < 1.29 is 4.74 Å². The fourth-order valence-corrected chi connectivity index (χ4v) is 4.31. The van der Waals surface area contributed by atoms with Gasteiger partial charge in [-0.2, -0.15) is 0 Å². The quantitative estimate of drug-likeness (QED) is 0.564. The average Bonchev–Trinajstić information content (AvgIpc) is 2.33. The van der Waals surface area contributed by atoms with Crippen molar-refractivity contribution >= 4 is 0 Å². The first-order chi connectivity index (χ1) is 7.50. The molecule has 0 unspecified atom stereocenters. The highest BCUT2D eigenvalue weighted by atomic mass is 16.5. The van der Waals surface area contributed by atoms with Gasteiger partial charge in [-0.15, -0.1) is 0 Å². The van der Waals surface area contributed by atoms with Crippen LogP contribution < -0.4 is 0 Å². The lowest BCUT2D eigenvalue weighted by atomic mass is 9.59. The van der Waals surface area contributed by atoms with E-state index in [9.17, 15) is 0 Å². The van der Waals surface area contributed by atoms with E-state index in [0.717, 1.165) is 24.4 Å². The lowest BCUT2D eigenvalue weighted by Crippen LogP contribution is -2.51. The molecule has 16 heavy (non-hydrogen) atoms. The van der Waals surface area contributed by atoms with E-state index in [-0.39, 0.29) is 5.60 Å². The maximum absolute atomic E-state index is 6.12. The molecule has 1 saturated carbocycles. The van der Waals surface area contributed by atoms with Gasteiger partial charge in [-0.3, -0.25) is 0 Å². The molecule has 1 heterocycles. The van der Waals surface area contributed by atoms with Gasteiger partial charge in [-0.1, -0.05) is 19.1 Å². The predicted molar refractivity (Wildman–Crippen MR) is 66.2 cm³/mol. The van der Waals surface area contributed by atoms with Crippen molar-refractivity contribution in [3.05, 3.63) is 12.2 Å². The van der Waals surface area contributed by atoms with Gasteiger partial charge in [-0.25, -0.2) is 0 Å². The normalized spacial score (nSPS) is 49.8. The van der Waals surface area contributed by atoms with Crippen LogP contribution in [-0.4, -0.2) is 12.2 Å². The number of ether oxygens (including phenoxy) is 1. The maximum Gasteiger partial charge on any atom is 0.0657 e. The molecule has 1 aliphatic heterocycles. The van der Waals surface area contributed by atoms with Crippen molar-refractivity contribution in [2.24, 2.45) is 23.2 Å². The Bertz CT molecular complexity index is 317. The Balaban J connectivity index is 1.94. The zero-order valence-corrected chi connectivity index (χ0v) is 10.8. The van der Waals surface area contributed by atoms with Crippen LogP contribution in [-0.2, 0) is 4.74 Å². The second kappa shape index (κ2) is 3.35. The smallest absolute Gasteiger partial charge is 0.0657 e.